The van der Waals surface area contributed by atoms with Crippen molar-refractivity contribution in [2.75, 3.05) is 14.2 Å². The molecular weight excluding hydrogens is 232 g/mol. The molecule has 96 valence electrons. The van der Waals surface area contributed by atoms with E-state index in [9.17, 15) is 9.59 Å². The van der Waals surface area contributed by atoms with Crippen molar-refractivity contribution in [1.29, 1.82) is 0 Å². The summed E-state index contributed by atoms with van der Waals surface area (Å²) in [6, 6.07) is 9.42. The Balaban J connectivity index is 3.03. The van der Waals surface area contributed by atoms with Crippen LogP contribution in [-0.4, -0.2) is 26.2 Å². The van der Waals surface area contributed by atoms with Crippen LogP contribution in [0.3, 0.4) is 0 Å². The monoisotopic (exact) mass is 248 g/mol. The summed E-state index contributed by atoms with van der Waals surface area (Å²) in [6.07, 6.45) is 1.76. The average molecular weight is 248 g/mol. The second-order valence-electron chi connectivity index (χ2n) is 3.78. The van der Waals surface area contributed by atoms with Crippen molar-refractivity contribution in [3.05, 3.63) is 41.5 Å². The van der Waals surface area contributed by atoms with Crippen LogP contribution in [0.4, 0.5) is 0 Å². The molecule has 0 saturated carbocycles. The van der Waals surface area contributed by atoms with E-state index in [0.717, 1.165) is 5.56 Å². The summed E-state index contributed by atoms with van der Waals surface area (Å²) >= 11 is 0. The molecule has 1 rings (SSSR count). The zero-order valence-electron chi connectivity index (χ0n) is 10.7. The Kier molecular flexibility index (Phi) is 5.11. The molecule has 0 aromatic heterocycles. The van der Waals surface area contributed by atoms with Gasteiger partial charge in [-0.25, -0.2) is 0 Å². The first-order valence-electron chi connectivity index (χ1n) is 5.49. The number of methoxy groups -OCH3 is 2. The molecule has 4 heteroatoms. The lowest BCUT2D eigenvalue weighted by atomic mass is 9.98. The third-order valence-corrected chi connectivity index (χ3v) is 2.52. The maximum atomic E-state index is 11.6. The third kappa shape index (κ3) is 3.45. The van der Waals surface area contributed by atoms with E-state index in [0.29, 0.717) is 5.57 Å². The zero-order valence-corrected chi connectivity index (χ0v) is 10.7. The molecule has 0 unspecified atom stereocenters. The van der Waals surface area contributed by atoms with E-state index in [4.69, 9.17) is 0 Å². The number of carbonyl (C=O) groups excluding carboxylic acids is 2. The SMILES string of the molecule is COC(=O)C(C(=O)OC)/C(C)=C\c1ccccc1. The van der Waals surface area contributed by atoms with Crippen LogP contribution in [0.15, 0.2) is 35.9 Å². The molecule has 1 aromatic carbocycles. The fraction of sp³-hybridized carbons (Fsp3) is 0.286. The van der Waals surface area contributed by atoms with Gasteiger partial charge in [0.15, 0.2) is 5.92 Å². The molecule has 0 atom stereocenters. The van der Waals surface area contributed by atoms with Crippen molar-refractivity contribution < 1.29 is 19.1 Å². The molecular formula is C14H16O4. The van der Waals surface area contributed by atoms with Crippen LogP contribution < -0.4 is 0 Å². The molecule has 0 aliphatic heterocycles. The number of carbonyl (C=O) groups is 2. The van der Waals surface area contributed by atoms with E-state index >= 15 is 0 Å². The number of rotatable bonds is 4. The van der Waals surface area contributed by atoms with E-state index in [1.807, 2.05) is 30.3 Å². The maximum Gasteiger partial charge on any atom is 0.324 e. The molecule has 0 radical (unpaired) electrons. The molecule has 0 amide bonds. The van der Waals surface area contributed by atoms with Gasteiger partial charge in [-0.1, -0.05) is 36.4 Å². The van der Waals surface area contributed by atoms with Crippen LogP contribution in [0.2, 0.25) is 0 Å². The molecule has 0 bridgehead atoms. The summed E-state index contributed by atoms with van der Waals surface area (Å²) in [6.45, 7) is 1.70. The summed E-state index contributed by atoms with van der Waals surface area (Å²) in [5, 5.41) is 0. The smallest absolute Gasteiger partial charge is 0.324 e. The average Bonchev–Trinajstić information content (AvgIpc) is 2.39. The number of benzene rings is 1. The van der Waals surface area contributed by atoms with Crippen molar-refractivity contribution in [1.82, 2.24) is 0 Å². The van der Waals surface area contributed by atoms with Gasteiger partial charge in [0, 0.05) is 0 Å². The molecule has 18 heavy (non-hydrogen) atoms. The van der Waals surface area contributed by atoms with E-state index in [2.05, 4.69) is 9.47 Å². The van der Waals surface area contributed by atoms with Crippen LogP contribution in [-0.2, 0) is 19.1 Å². The minimum absolute atomic E-state index is 0.583. The standard InChI is InChI=1S/C14H16O4/c1-10(9-11-7-5-4-6-8-11)12(13(15)17-2)14(16)18-3/h4-9,12H,1-3H3/b10-9-. The third-order valence-electron chi connectivity index (χ3n) is 2.52. The number of ether oxygens (including phenoxy) is 2. The van der Waals surface area contributed by atoms with Crippen LogP contribution in [0.25, 0.3) is 6.08 Å². The van der Waals surface area contributed by atoms with Crippen LogP contribution in [0, 0.1) is 5.92 Å². The Morgan fingerprint density at radius 2 is 1.56 bits per heavy atom. The summed E-state index contributed by atoms with van der Waals surface area (Å²) in [5.41, 5.74) is 1.49. The highest BCUT2D eigenvalue weighted by molar-refractivity contribution is 5.99. The van der Waals surface area contributed by atoms with Crippen LogP contribution >= 0.6 is 0 Å². The molecule has 0 fully saturated rings. The number of esters is 2. The normalized spacial score (nSPS) is 11.2. The molecule has 0 aliphatic carbocycles. The Labute approximate surface area is 106 Å². The Hall–Kier alpha value is -2.10. The van der Waals surface area contributed by atoms with Gasteiger partial charge in [0.25, 0.3) is 0 Å². The lowest BCUT2D eigenvalue weighted by Gasteiger charge is -2.13. The van der Waals surface area contributed by atoms with Gasteiger partial charge >= 0.3 is 11.9 Å². The summed E-state index contributed by atoms with van der Waals surface area (Å²) in [5.74, 6) is -2.25. The van der Waals surface area contributed by atoms with Gasteiger partial charge in [-0.15, -0.1) is 0 Å². The van der Waals surface area contributed by atoms with E-state index in [1.54, 1.807) is 13.0 Å². The summed E-state index contributed by atoms with van der Waals surface area (Å²) in [7, 11) is 2.49. The second kappa shape index (κ2) is 6.59. The molecule has 0 saturated heterocycles. The number of hydrogen-bond donors (Lipinski definition) is 0. The quantitative estimate of drug-likeness (QED) is 0.604. The lowest BCUT2D eigenvalue weighted by Crippen LogP contribution is -2.27. The predicted molar refractivity (Wildman–Crippen MR) is 67.6 cm³/mol. The summed E-state index contributed by atoms with van der Waals surface area (Å²) in [4.78, 5) is 23.2. The van der Waals surface area contributed by atoms with Crippen molar-refractivity contribution in [3.8, 4) is 0 Å². The molecule has 1 aromatic rings. The van der Waals surface area contributed by atoms with Crippen LogP contribution in [0.5, 0.6) is 0 Å². The fourth-order valence-corrected chi connectivity index (χ4v) is 1.60. The molecule has 0 heterocycles. The molecule has 4 nitrogen and oxygen atoms in total. The Morgan fingerprint density at radius 1 is 1.06 bits per heavy atom. The highest BCUT2D eigenvalue weighted by Crippen LogP contribution is 2.17. The van der Waals surface area contributed by atoms with Crippen molar-refractivity contribution in [3.63, 3.8) is 0 Å². The minimum Gasteiger partial charge on any atom is -0.468 e. The van der Waals surface area contributed by atoms with Gasteiger partial charge in [-0.2, -0.15) is 0 Å². The van der Waals surface area contributed by atoms with Gasteiger partial charge in [0.05, 0.1) is 14.2 Å². The topological polar surface area (TPSA) is 52.6 Å². The highest BCUT2D eigenvalue weighted by atomic mass is 16.5. The van der Waals surface area contributed by atoms with Gasteiger partial charge in [-0.05, 0) is 18.1 Å². The van der Waals surface area contributed by atoms with E-state index in [1.165, 1.54) is 14.2 Å². The van der Waals surface area contributed by atoms with E-state index in [-0.39, 0.29) is 0 Å². The highest BCUT2D eigenvalue weighted by Gasteiger charge is 2.30. The van der Waals surface area contributed by atoms with Crippen molar-refractivity contribution in [2.45, 2.75) is 6.92 Å². The second-order valence-corrected chi connectivity index (χ2v) is 3.78. The fourth-order valence-electron chi connectivity index (χ4n) is 1.60. The molecule has 0 N–H and O–H groups in total. The zero-order chi connectivity index (χ0) is 13.5. The van der Waals surface area contributed by atoms with Crippen molar-refractivity contribution in [2.24, 2.45) is 5.92 Å². The lowest BCUT2D eigenvalue weighted by molar-refractivity contribution is -0.156. The molecule has 0 spiro atoms. The Bertz CT molecular complexity index is 432. The minimum atomic E-state index is -1.01. The first kappa shape index (κ1) is 14.0. The first-order valence-corrected chi connectivity index (χ1v) is 5.49. The predicted octanol–water partition coefficient (Wildman–Crippen LogP) is 2.05. The molecule has 0 aliphatic rings. The van der Waals surface area contributed by atoms with E-state index < -0.39 is 17.9 Å². The first-order chi connectivity index (χ1) is 8.60. The Morgan fingerprint density at radius 3 is 2.00 bits per heavy atom. The van der Waals surface area contributed by atoms with Gasteiger partial charge in [-0.3, -0.25) is 9.59 Å². The van der Waals surface area contributed by atoms with Crippen molar-refractivity contribution >= 4 is 18.0 Å². The summed E-state index contributed by atoms with van der Waals surface area (Å²) < 4.78 is 9.23. The number of hydrogen-bond acceptors (Lipinski definition) is 4. The van der Waals surface area contributed by atoms with Gasteiger partial charge < -0.3 is 9.47 Å². The largest absolute Gasteiger partial charge is 0.468 e. The van der Waals surface area contributed by atoms with Gasteiger partial charge in [0.1, 0.15) is 0 Å². The maximum absolute atomic E-state index is 11.6. The van der Waals surface area contributed by atoms with Crippen LogP contribution in [0.1, 0.15) is 12.5 Å². The van der Waals surface area contributed by atoms with Gasteiger partial charge in [0.2, 0.25) is 0 Å².